The van der Waals surface area contributed by atoms with Crippen molar-refractivity contribution in [3.05, 3.63) is 17.6 Å². The van der Waals surface area contributed by atoms with Gasteiger partial charge in [-0.2, -0.15) is 4.31 Å². The summed E-state index contributed by atoms with van der Waals surface area (Å²) in [6.07, 6.45) is 0. The normalized spacial score (nSPS) is 12.3. The van der Waals surface area contributed by atoms with Gasteiger partial charge < -0.3 is 14.5 Å². The molecule has 0 aromatic carbocycles. The molecule has 1 rings (SSSR count). The van der Waals surface area contributed by atoms with Gasteiger partial charge in [0.05, 0.1) is 13.2 Å². The Balaban J connectivity index is 2.91. The highest BCUT2D eigenvalue weighted by Gasteiger charge is 2.25. The van der Waals surface area contributed by atoms with Crippen molar-refractivity contribution >= 4 is 10.0 Å². The average Bonchev–Trinajstić information content (AvgIpc) is 2.75. The first-order valence-electron chi connectivity index (χ1n) is 6.18. The second-order valence-electron chi connectivity index (χ2n) is 4.23. The summed E-state index contributed by atoms with van der Waals surface area (Å²) in [5, 5.41) is 3.10. The van der Waals surface area contributed by atoms with Crippen molar-refractivity contribution in [3.63, 3.8) is 0 Å². The summed E-state index contributed by atoms with van der Waals surface area (Å²) >= 11 is 0. The average molecular weight is 290 g/mol. The number of furan rings is 1. The topological polar surface area (TPSA) is 71.8 Å². The highest BCUT2D eigenvalue weighted by atomic mass is 32.2. The number of nitrogens with zero attached hydrogens (tertiary/aromatic N) is 1. The number of methoxy groups -OCH3 is 1. The van der Waals surface area contributed by atoms with Gasteiger partial charge in [-0.1, -0.05) is 6.92 Å². The Morgan fingerprint density at radius 1 is 1.47 bits per heavy atom. The summed E-state index contributed by atoms with van der Waals surface area (Å²) in [5.74, 6) is 1.04. The lowest BCUT2D eigenvalue weighted by Crippen LogP contribution is -2.30. The molecule has 1 aromatic rings. The first-order chi connectivity index (χ1) is 8.93. The van der Waals surface area contributed by atoms with E-state index in [4.69, 9.17) is 9.15 Å². The van der Waals surface area contributed by atoms with Gasteiger partial charge in [-0.3, -0.25) is 0 Å². The largest absolute Gasteiger partial charge is 0.464 e. The van der Waals surface area contributed by atoms with Gasteiger partial charge in [0, 0.05) is 26.8 Å². The lowest BCUT2D eigenvalue weighted by Gasteiger charge is -2.15. The van der Waals surface area contributed by atoms with E-state index in [2.05, 4.69) is 5.32 Å². The smallest absolute Gasteiger partial charge is 0.246 e. The third-order valence-corrected chi connectivity index (χ3v) is 4.74. The second-order valence-corrected chi connectivity index (χ2v) is 6.25. The minimum absolute atomic E-state index is 0.221. The van der Waals surface area contributed by atoms with Gasteiger partial charge in [0.25, 0.3) is 0 Å². The molecule has 19 heavy (non-hydrogen) atoms. The third-order valence-electron chi connectivity index (χ3n) is 2.77. The van der Waals surface area contributed by atoms with E-state index in [0.717, 1.165) is 6.54 Å². The minimum Gasteiger partial charge on any atom is -0.464 e. The number of ether oxygens (including phenoxy) is 1. The van der Waals surface area contributed by atoms with Crippen molar-refractivity contribution in [1.82, 2.24) is 9.62 Å². The van der Waals surface area contributed by atoms with Crippen LogP contribution in [0.4, 0.5) is 0 Å². The molecule has 0 atom stereocenters. The molecule has 0 aliphatic carbocycles. The maximum atomic E-state index is 12.3. The van der Waals surface area contributed by atoms with Crippen molar-refractivity contribution in [3.8, 4) is 0 Å². The molecule has 0 saturated heterocycles. The number of hydrogen-bond acceptors (Lipinski definition) is 5. The predicted molar refractivity (Wildman–Crippen MR) is 72.5 cm³/mol. The lowest BCUT2D eigenvalue weighted by molar-refractivity contribution is 0.185. The monoisotopic (exact) mass is 290 g/mol. The molecule has 1 N–H and O–H groups in total. The fourth-order valence-electron chi connectivity index (χ4n) is 1.62. The third kappa shape index (κ3) is 4.04. The summed E-state index contributed by atoms with van der Waals surface area (Å²) in [6, 6.07) is 1.58. The van der Waals surface area contributed by atoms with Gasteiger partial charge in [0.2, 0.25) is 10.0 Å². The van der Waals surface area contributed by atoms with E-state index in [1.54, 1.807) is 13.0 Å². The van der Waals surface area contributed by atoms with E-state index in [-0.39, 0.29) is 4.90 Å². The highest BCUT2D eigenvalue weighted by Crippen LogP contribution is 2.22. The lowest BCUT2D eigenvalue weighted by atomic mass is 10.4. The molecule has 0 bridgehead atoms. The summed E-state index contributed by atoms with van der Waals surface area (Å²) in [4.78, 5) is 0.221. The molecular formula is C12H22N2O4S. The zero-order valence-electron chi connectivity index (χ0n) is 11.9. The minimum atomic E-state index is -3.51. The van der Waals surface area contributed by atoms with E-state index >= 15 is 0 Å². The van der Waals surface area contributed by atoms with Gasteiger partial charge >= 0.3 is 0 Å². The Morgan fingerprint density at radius 3 is 2.74 bits per heavy atom. The molecule has 0 fully saturated rings. The fourth-order valence-corrected chi connectivity index (χ4v) is 2.96. The van der Waals surface area contributed by atoms with E-state index in [0.29, 0.717) is 31.2 Å². The standard InChI is InChI=1S/C12H22N2O4S/c1-5-13-9-11-8-12(10(2)18-11)19(15,16)14(3)6-7-17-4/h8,13H,5-7,9H2,1-4H3. The van der Waals surface area contributed by atoms with Crippen molar-refractivity contribution in [2.24, 2.45) is 0 Å². The van der Waals surface area contributed by atoms with Crippen LogP contribution in [0.25, 0.3) is 0 Å². The number of aryl methyl sites for hydroxylation is 1. The highest BCUT2D eigenvalue weighted by molar-refractivity contribution is 7.89. The van der Waals surface area contributed by atoms with Gasteiger partial charge in [-0.15, -0.1) is 0 Å². The van der Waals surface area contributed by atoms with Crippen LogP contribution in [0.5, 0.6) is 0 Å². The van der Waals surface area contributed by atoms with Crippen molar-refractivity contribution in [2.45, 2.75) is 25.3 Å². The molecule has 6 nitrogen and oxygen atoms in total. The van der Waals surface area contributed by atoms with Crippen LogP contribution in [0.15, 0.2) is 15.4 Å². The second kappa shape index (κ2) is 7.04. The first kappa shape index (κ1) is 16.2. The van der Waals surface area contributed by atoms with Crippen LogP contribution in [0.3, 0.4) is 0 Å². The van der Waals surface area contributed by atoms with Crippen molar-refractivity contribution in [2.75, 3.05) is 33.9 Å². The summed E-state index contributed by atoms with van der Waals surface area (Å²) in [5.41, 5.74) is 0. The van der Waals surface area contributed by atoms with E-state index in [9.17, 15) is 8.42 Å². The van der Waals surface area contributed by atoms with E-state index in [1.165, 1.54) is 18.5 Å². The molecule has 0 unspecified atom stereocenters. The summed E-state index contributed by atoms with van der Waals surface area (Å²) in [6.45, 7) is 5.63. The quantitative estimate of drug-likeness (QED) is 0.772. The van der Waals surface area contributed by atoms with Gasteiger partial charge in [-0.25, -0.2) is 8.42 Å². The Labute approximate surface area is 114 Å². The SMILES string of the molecule is CCNCc1cc(S(=O)(=O)N(C)CCOC)c(C)o1. The number of likely N-dealkylation sites (N-methyl/N-ethyl adjacent to an activating group) is 1. The Kier molecular flexibility index (Phi) is 5.99. The van der Waals surface area contributed by atoms with Gasteiger partial charge in [-0.05, 0) is 13.5 Å². The Bertz CT molecular complexity index is 496. The van der Waals surface area contributed by atoms with Crippen LogP contribution < -0.4 is 5.32 Å². The zero-order valence-corrected chi connectivity index (χ0v) is 12.7. The van der Waals surface area contributed by atoms with Crippen LogP contribution in [0.2, 0.25) is 0 Å². The number of hydrogen-bond donors (Lipinski definition) is 1. The van der Waals surface area contributed by atoms with Crippen LogP contribution in [0, 0.1) is 6.92 Å². The van der Waals surface area contributed by atoms with Crippen LogP contribution in [-0.4, -0.2) is 46.6 Å². The maximum Gasteiger partial charge on any atom is 0.246 e. The van der Waals surface area contributed by atoms with Gasteiger partial charge in [0.1, 0.15) is 16.4 Å². The predicted octanol–water partition coefficient (Wildman–Crippen LogP) is 0.964. The molecule has 0 aliphatic heterocycles. The molecule has 0 spiro atoms. The summed E-state index contributed by atoms with van der Waals surface area (Å²) < 4.78 is 36.3. The van der Waals surface area contributed by atoms with Gasteiger partial charge in [0.15, 0.2) is 0 Å². The molecule has 7 heteroatoms. The molecule has 1 heterocycles. The molecular weight excluding hydrogens is 268 g/mol. The molecule has 110 valence electrons. The Hall–Kier alpha value is -0.890. The first-order valence-corrected chi connectivity index (χ1v) is 7.62. The van der Waals surface area contributed by atoms with Crippen molar-refractivity contribution < 1.29 is 17.6 Å². The fraction of sp³-hybridized carbons (Fsp3) is 0.667. The number of rotatable bonds is 8. The molecule has 0 amide bonds. The van der Waals surface area contributed by atoms with E-state index < -0.39 is 10.0 Å². The van der Waals surface area contributed by atoms with Crippen LogP contribution in [-0.2, 0) is 21.3 Å². The van der Waals surface area contributed by atoms with E-state index in [1.807, 2.05) is 6.92 Å². The molecule has 0 saturated carbocycles. The Morgan fingerprint density at radius 2 is 2.16 bits per heavy atom. The molecule has 0 radical (unpaired) electrons. The zero-order chi connectivity index (χ0) is 14.5. The van der Waals surface area contributed by atoms with Crippen LogP contribution in [0.1, 0.15) is 18.4 Å². The maximum absolute atomic E-state index is 12.3. The summed E-state index contributed by atoms with van der Waals surface area (Å²) in [7, 11) is -0.442. The molecule has 0 aliphatic rings. The van der Waals surface area contributed by atoms with Crippen LogP contribution >= 0.6 is 0 Å². The number of sulfonamides is 1. The number of nitrogens with one attached hydrogen (secondary N) is 1. The van der Waals surface area contributed by atoms with Crippen molar-refractivity contribution in [1.29, 1.82) is 0 Å². The molecule has 1 aromatic heterocycles.